The lowest BCUT2D eigenvalue weighted by atomic mass is 10.2. The maximum absolute atomic E-state index is 12.3. The fraction of sp³-hybridized carbons (Fsp3) is 0.450. The predicted octanol–water partition coefficient (Wildman–Crippen LogP) is 1.39. The van der Waals surface area contributed by atoms with E-state index < -0.39 is 0 Å². The van der Waals surface area contributed by atoms with Crippen LogP contribution in [-0.4, -0.2) is 72.6 Å². The highest BCUT2D eigenvalue weighted by atomic mass is 16.5. The number of hydrogen-bond acceptors (Lipinski definition) is 5. The number of carbonyl (C=O) groups excluding carboxylic acids is 2. The Morgan fingerprint density at radius 3 is 2.66 bits per heavy atom. The van der Waals surface area contributed by atoms with Crippen molar-refractivity contribution in [2.75, 3.05) is 50.1 Å². The zero-order valence-corrected chi connectivity index (χ0v) is 16.9. The molecule has 3 rings (SSSR count). The Bertz CT molecular complexity index is 804. The minimum absolute atomic E-state index is 0.00910. The third-order valence-corrected chi connectivity index (χ3v) is 4.93. The fourth-order valence-electron chi connectivity index (χ4n) is 3.02. The highest BCUT2D eigenvalue weighted by Gasteiger charge is 2.18. The summed E-state index contributed by atoms with van der Waals surface area (Å²) in [6, 6.07) is 11.5. The van der Waals surface area contributed by atoms with Crippen LogP contribution in [-0.2, 0) is 16.1 Å². The molecule has 9 heteroatoms. The second-order valence-electron chi connectivity index (χ2n) is 7.02. The molecule has 0 radical (unpaired) electrons. The zero-order valence-electron chi connectivity index (χ0n) is 16.9. The topological polar surface area (TPSA) is 91.7 Å². The minimum atomic E-state index is -0.330. The lowest BCUT2D eigenvalue weighted by Crippen LogP contribution is -2.42. The van der Waals surface area contributed by atoms with E-state index in [1.165, 1.54) is 4.68 Å². The SMILES string of the molecule is C[C@@H](CNC(=O)Nc1ccn(CC(=O)N2CCOCC2)n1)N(C)c1ccccc1. The van der Waals surface area contributed by atoms with E-state index in [1.807, 2.05) is 44.3 Å². The molecular formula is C20H28N6O3. The van der Waals surface area contributed by atoms with E-state index in [0.29, 0.717) is 38.7 Å². The number of rotatable bonds is 7. The summed E-state index contributed by atoms with van der Waals surface area (Å²) in [7, 11) is 1.99. The largest absolute Gasteiger partial charge is 0.378 e. The van der Waals surface area contributed by atoms with E-state index >= 15 is 0 Å². The Balaban J connectivity index is 1.43. The van der Waals surface area contributed by atoms with Crippen LogP contribution in [0.5, 0.6) is 0 Å². The van der Waals surface area contributed by atoms with Gasteiger partial charge >= 0.3 is 6.03 Å². The van der Waals surface area contributed by atoms with Crippen molar-refractivity contribution in [1.82, 2.24) is 20.0 Å². The number of anilines is 2. The number of nitrogens with zero attached hydrogens (tertiary/aromatic N) is 4. The van der Waals surface area contributed by atoms with Crippen molar-refractivity contribution in [1.29, 1.82) is 0 Å². The maximum atomic E-state index is 12.3. The first-order valence-electron chi connectivity index (χ1n) is 9.74. The van der Waals surface area contributed by atoms with Gasteiger partial charge in [-0.05, 0) is 19.1 Å². The maximum Gasteiger partial charge on any atom is 0.320 e. The van der Waals surface area contributed by atoms with Gasteiger partial charge in [0.15, 0.2) is 5.82 Å². The summed E-state index contributed by atoms with van der Waals surface area (Å²) in [5.74, 6) is 0.395. The van der Waals surface area contributed by atoms with Gasteiger partial charge in [-0.25, -0.2) is 4.79 Å². The van der Waals surface area contributed by atoms with Gasteiger partial charge in [-0.1, -0.05) is 18.2 Å². The molecule has 0 saturated carbocycles. The number of morpholine rings is 1. The normalized spacial score (nSPS) is 14.9. The van der Waals surface area contributed by atoms with Gasteiger partial charge in [0.25, 0.3) is 0 Å². The summed E-state index contributed by atoms with van der Waals surface area (Å²) in [4.78, 5) is 28.3. The Morgan fingerprint density at radius 1 is 1.21 bits per heavy atom. The monoisotopic (exact) mass is 400 g/mol. The standard InChI is InChI=1S/C20H28N6O3/c1-16(24(2)17-6-4-3-5-7-17)14-21-20(28)22-18-8-9-26(23-18)15-19(27)25-10-12-29-13-11-25/h3-9,16H,10-15H2,1-2H3,(H2,21,22,23,28)/t16-/m0/s1. The van der Waals surface area contributed by atoms with Crippen molar-refractivity contribution in [3.8, 4) is 0 Å². The van der Waals surface area contributed by atoms with Crippen molar-refractivity contribution in [2.45, 2.75) is 19.5 Å². The number of para-hydroxylation sites is 1. The molecule has 1 atom stereocenters. The van der Waals surface area contributed by atoms with Gasteiger partial charge in [-0.2, -0.15) is 5.10 Å². The first-order chi connectivity index (χ1) is 14.0. The van der Waals surface area contributed by atoms with E-state index in [-0.39, 0.29) is 24.5 Å². The second-order valence-corrected chi connectivity index (χ2v) is 7.02. The number of amides is 3. The van der Waals surface area contributed by atoms with Crippen LogP contribution in [0, 0.1) is 0 Å². The number of likely N-dealkylation sites (N-methyl/N-ethyl adjacent to an activating group) is 1. The molecular weight excluding hydrogens is 372 g/mol. The van der Waals surface area contributed by atoms with Gasteiger partial charge in [-0.15, -0.1) is 0 Å². The van der Waals surface area contributed by atoms with E-state index in [0.717, 1.165) is 5.69 Å². The average molecular weight is 400 g/mol. The summed E-state index contributed by atoms with van der Waals surface area (Å²) in [6.07, 6.45) is 1.68. The lowest BCUT2D eigenvalue weighted by Gasteiger charge is -2.27. The number of aromatic nitrogens is 2. The molecule has 2 N–H and O–H groups in total. The number of hydrogen-bond donors (Lipinski definition) is 2. The number of ether oxygens (including phenoxy) is 1. The van der Waals surface area contributed by atoms with Gasteiger partial charge in [0.05, 0.1) is 13.2 Å². The first kappa shape index (κ1) is 20.7. The number of benzene rings is 1. The van der Waals surface area contributed by atoms with E-state index in [2.05, 4.69) is 20.6 Å². The molecule has 0 aliphatic carbocycles. The smallest absolute Gasteiger partial charge is 0.320 e. The lowest BCUT2D eigenvalue weighted by molar-refractivity contribution is -0.136. The quantitative estimate of drug-likeness (QED) is 0.733. The molecule has 1 aromatic carbocycles. The highest BCUT2D eigenvalue weighted by molar-refractivity contribution is 5.88. The number of nitrogens with one attached hydrogen (secondary N) is 2. The van der Waals surface area contributed by atoms with Crippen LogP contribution in [0.15, 0.2) is 42.6 Å². The van der Waals surface area contributed by atoms with Crippen molar-refractivity contribution in [3.05, 3.63) is 42.6 Å². The molecule has 156 valence electrons. The Labute approximate surface area is 170 Å². The molecule has 3 amide bonds. The Hall–Kier alpha value is -3.07. The van der Waals surface area contributed by atoms with Gasteiger partial charge in [-0.3, -0.25) is 14.8 Å². The molecule has 1 saturated heterocycles. The predicted molar refractivity (Wildman–Crippen MR) is 111 cm³/mol. The Kier molecular flexibility index (Phi) is 7.07. The highest BCUT2D eigenvalue weighted by Crippen LogP contribution is 2.13. The Morgan fingerprint density at radius 2 is 1.93 bits per heavy atom. The average Bonchev–Trinajstić information content (AvgIpc) is 3.19. The van der Waals surface area contributed by atoms with Gasteiger partial charge in [0.2, 0.25) is 5.91 Å². The third-order valence-electron chi connectivity index (χ3n) is 4.93. The molecule has 0 bridgehead atoms. The third kappa shape index (κ3) is 5.95. The van der Waals surface area contributed by atoms with Gasteiger partial charge in [0.1, 0.15) is 6.54 Å². The van der Waals surface area contributed by atoms with Crippen molar-refractivity contribution in [2.24, 2.45) is 0 Å². The minimum Gasteiger partial charge on any atom is -0.378 e. The summed E-state index contributed by atoms with van der Waals surface area (Å²) in [5, 5.41) is 9.81. The summed E-state index contributed by atoms with van der Waals surface area (Å²) in [5.41, 5.74) is 1.09. The van der Waals surface area contributed by atoms with E-state index in [9.17, 15) is 9.59 Å². The van der Waals surface area contributed by atoms with Crippen LogP contribution >= 0.6 is 0 Å². The molecule has 9 nitrogen and oxygen atoms in total. The number of urea groups is 1. The van der Waals surface area contributed by atoms with Crippen LogP contribution in [0.3, 0.4) is 0 Å². The van der Waals surface area contributed by atoms with Gasteiger partial charge < -0.3 is 19.9 Å². The molecule has 0 spiro atoms. The molecule has 1 aromatic heterocycles. The van der Waals surface area contributed by atoms with Crippen LogP contribution in [0.25, 0.3) is 0 Å². The summed E-state index contributed by atoms with van der Waals surface area (Å²) < 4.78 is 6.78. The number of carbonyl (C=O) groups is 2. The molecule has 0 unspecified atom stereocenters. The van der Waals surface area contributed by atoms with Crippen LogP contribution in [0.4, 0.5) is 16.3 Å². The zero-order chi connectivity index (χ0) is 20.6. The van der Waals surface area contributed by atoms with Crippen molar-refractivity contribution < 1.29 is 14.3 Å². The molecule has 2 heterocycles. The van der Waals surface area contributed by atoms with Crippen molar-refractivity contribution >= 4 is 23.4 Å². The summed E-state index contributed by atoms with van der Waals surface area (Å²) in [6.45, 7) is 4.99. The molecule has 1 aliphatic heterocycles. The van der Waals surface area contributed by atoms with Gasteiger partial charge in [0, 0.05) is 50.7 Å². The van der Waals surface area contributed by atoms with Crippen molar-refractivity contribution in [3.63, 3.8) is 0 Å². The van der Waals surface area contributed by atoms with Crippen LogP contribution < -0.4 is 15.5 Å². The molecule has 2 aromatic rings. The first-order valence-corrected chi connectivity index (χ1v) is 9.74. The van der Waals surface area contributed by atoms with E-state index in [4.69, 9.17) is 4.74 Å². The molecule has 1 fully saturated rings. The van der Waals surface area contributed by atoms with Crippen LogP contribution in [0.1, 0.15) is 6.92 Å². The fourth-order valence-corrected chi connectivity index (χ4v) is 3.02. The summed E-state index contributed by atoms with van der Waals surface area (Å²) >= 11 is 0. The van der Waals surface area contributed by atoms with Crippen LogP contribution in [0.2, 0.25) is 0 Å². The molecule has 29 heavy (non-hydrogen) atoms. The molecule has 1 aliphatic rings. The van der Waals surface area contributed by atoms with E-state index in [1.54, 1.807) is 17.2 Å². The second kappa shape index (κ2) is 9.92.